The van der Waals surface area contributed by atoms with E-state index in [0.717, 1.165) is 59.1 Å². The third-order valence-electron chi connectivity index (χ3n) is 6.00. The van der Waals surface area contributed by atoms with Gasteiger partial charge in [-0.05, 0) is 43.9 Å². The Morgan fingerprint density at radius 1 is 1.32 bits per heavy atom. The van der Waals surface area contributed by atoms with E-state index in [1.165, 1.54) is 0 Å². The second-order valence-electron chi connectivity index (χ2n) is 8.05. The monoisotopic (exact) mass is 419 g/mol. The number of hydrogen-bond donors (Lipinski definition) is 3. The fraction of sp³-hybridized carbons (Fsp3) is 0.364. The molecule has 0 spiro atoms. The zero-order valence-corrected chi connectivity index (χ0v) is 17.3. The van der Waals surface area contributed by atoms with E-state index in [0.29, 0.717) is 18.3 Å². The van der Waals surface area contributed by atoms with E-state index >= 15 is 0 Å². The molecule has 5 rings (SSSR count). The molecule has 1 unspecified atom stereocenters. The van der Waals surface area contributed by atoms with Crippen molar-refractivity contribution in [3.05, 3.63) is 36.7 Å². The summed E-state index contributed by atoms with van der Waals surface area (Å²) in [4.78, 5) is 17.3. The van der Waals surface area contributed by atoms with E-state index < -0.39 is 6.04 Å². The molecule has 1 fully saturated rings. The van der Waals surface area contributed by atoms with Crippen LogP contribution in [0.25, 0.3) is 33.1 Å². The molecule has 4 heterocycles. The lowest BCUT2D eigenvalue weighted by Gasteiger charge is -2.23. The summed E-state index contributed by atoms with van der Waals surface area (Å²) in [6, 6.07) is 7.38. The number of nitrogen functional groups attached to an aromatic ring is 1. The van der Waals surface area contributed by atoms with Crippen LogP contribution in [0.3, 0.4) is 0 Å². The molecule has 9 heteroatoms. The average molecular weight is 419 g/mol. The molecular formula is C22H25N7O2. The fourth-order valence-electron chi connectivity index (χ4n) is 4.04. The van der Waals surface area contributed by atoms with Crippen LogP contribution in [0.5, 0.6) is 0 Å². The standard InChI is InChI=1S/C22H25N7O2/c1-13(22(30)24-11-14-5-8-31-9-6-14)29-12-17-20(28-29)16-3-2-15(18-4-7-25-27-18)10-19(16)26-21(17)23/h2-4,7,10,12-14H,5-6,8-9,11H2,1H3,(H2,23,26)(H,24,30)(H,25,27). The number of pyridine rings is 1. The van der Waals surface area contributed by atoms with Crippen LogP contribution in [-0.2, 0) is 9.53 Å². The maximum absolute atomic E-state index is 12.7. The predicted octanol–water partition coefficient (Wildman–Crippen LogP) is 2.66. The smallest absolute Gasteiger partial charge is 0.244 e. The molecule has 1 aromatic carbocycles. The van der Waals surface area contributed by atoms with Crippen molar-refractivity contribution in [2.75, 3.05) is 25.5 Å². The number of carbonyl (C=O) groups excluding carboxylic acids is 1. The molecule has 9 nitrogen and oxygen atoms in total. The molecule has 1 atom stereocenters. The van der Waals surface area contributed by atoms with E-state index in [4.69, 9.17) is 15.6 Å². The van der Waals surface area contributed by atoms with E-state index in [-0.39, 0.29) is 5.91 Å². The molecule has 3 aromatic heterocycles. The first kappa shape index (κ1) is 19.5. The molecule has 0 saturated carbocycles. The summed E-state index contributed by atoms with van der Waals surface area (Å²) in [5.74, 6) is 0.802. The first-order valence-corrected chi connectivity index (χ1v) is 10.5. The van der Waals surface area contributed by atoms with Crippen molar-refractivity contribution in [3.63, 3.8) is 0 Å². The van der Waals surface area contributed by atoms with E-state index in [2.05, 4.69) is 20.5 Å². The van der Waals surface area contributed by atoms with E-state index in [1.807, 2.05) is 31.2 Å². The van der Waals surface area contributed by atoms with Crippen LogP contribution in [-0.4, -0.2) is 50.6 Å². The van der Waals surface area contributed by atoms with Gasteiger partial charge in [-0.1, -0.05) is 6.07 Å². The van der Waals surface area contributed by atoms with Crippen molar-refractivity contribution < 1.29 is 9.53 Å². The van der Waals surface area contributed by atoms with Crippen LogP contribution in [0, 0.1) is 5.92 Å². The lowest BCUT2D eigenvalue weighted by molar-refractivity contribution is -0.124. The molecule has 0 bridgehead atoms. The number of aromatic amines is 1. The van der Waals surface area contributed by atoms with Crippen LogP contribution in [0.4, 0.5) is 5.82 Å². The van der Waals surface area contributed by atoms with Gasteiger partial charge in [0, 0.05) is 43.1 Å². The molecule has 31 heavy (non-hydrogen) atoms. The van der Waals surface area contributed by atoms with Crippen LogP contribution in [0.15, 0.2) is 36.7 Å². The Hall–Kier alpha value is -3.46. The molecule has 4 aromatic rings. The predicted molar refractivity (Wildman–Crippen MR) is 118 cm³/mol. The highest BCUT2D eigenvalue weighted by atomic mass is 16.5. The Balaban J connectivity index is 1.42. The SMILES string of the molecule is CC(C(=O)NCC1CCOCC1)n1cc2c(N)nc3cc(-c4ccn[nH]4)ccc3c2n1. The molecular weight excluding hydrogens is 394 g/mol. The van der Waals surface area contributed by atoms with Crippen LogP contribution >= 0.6 is 0 Å². The second kappa shape index (κ2) is 7.99. The normalized spacial score (nSPS) is 16.0. The van der Waals surface area contributed by atoms with Crippen LogP contribution in [0.2, 0.25) is 0 Å². The van der Waals surface area contributed by atoms with Crippen molar-refractivity contribution in [2.24, 2.45) is 5.92 Å². The van der Waals surface area contributed by atoms with E-state index in [1.54, 1.807) is 17.1 Å². The third-order valence-corrected chi connectivity index (χ3v) is 6.00. The summed E-state index contributed by atoms with van der Waals surface area (Å²) in [6.07, 6.45) is 5.48. The van der Waals surface area contributed by atoms with Crippen LogP contribution in [0.1, 0.15) is 25.8 Å². The van der Waals surface area contributed by atoms with Crippen molar-refractivity contribution in [2.45, 2.75) is 25.8 Å². The number of nitrogens with one attached hydrogen (secondary N) is 2. The average Bonchev–Trinajstić information content (AvgIpc) is 3.48. The number of aromatic nitrogens is 5. The maximum Gasteiger partial charge on any atom is 0.244 e. The van der Waals surface area contributed by atoms with Gasteiger partial charge in [-0.15, -0.1) is 0 Å². The highest BCUT2D eigenvalue weighted by molar-refractivity contribution is 6.08. The number of nitrogens with two attached hydrogens (primary N) is 1. The lowest BCUT2D eigenvalue weighted by atomic mass is 10.0. The topological polar surface area (TPSA) is 124 Å². The van der Waals surface area contributed by atoms with Gasteiger partial charge in [-0.25, -0.2) is 4.98 Å². The third kappa shape index (κ3) is 3.72. The minimum absolute atomic E-state index is 0.0586. The summed E-state index contributed by atoms with van der Waals surface area (Å²) >= 11 is 0. The Labute approximate surface area is 179 Å². The minimum atomic E-state index is -0.453. The summed E-state index contributed by atoms with van der Waals surface area (Å²) < 4.78 is 7.05. The summed E-state index contributed by atoms with van der Waals surface area (Å²) in [6.45, 7) is 4.04. The molecule has 0 radical (unpaired) electrons. The summed E-state index contributed by atoms with van der Waals surface area (Å²) in [5, 5.41) is 16.4. The largest absolute Gasteiger partial charge is 0.383 e. The zero-order chi connectivity index (χ0) is 21.4. The summed E-state index contributed by atoms with van der Waals surface area (Å²) in [7, 11) is 0. The highest BCUT2D eigenvalue weighted by Crippen LogP contribution is 2.30. The van der Waals surface area contributed by atoms with Gasteiger partial charge in [0.05, 0.1) is 16.6 Å². The summed E-state index contributed by atoms with van der Waals surface area (Å²) in [5.41, 5.74) is 9.60. The van der Waals surface area contributed by atoms with Crippen molar-refractivity contribution in [3.8, 4) is 11.3 Å². The minimum Gasteiger partial charge on any atom is -0.383 e. The van der Waals surface area contributed by atoms with Crippen molar-refractivity contribution >= 4 is 33.5 Å². The number of amides is 1. The van der Waals surface area contributed by atoms with Gasteiger partial charge in [-0.2, -0.15) is 10.2 Å². The Morgan fingerprint density at radius 2 is 2.16 bits per heavy atom. The highest BCUT2D eigenvalue weighted by Gasteiger charge is 2.21. The molecule has 1 amide bonds. The fourth-order valence-corrected chi connectivity index (χ4v) is 4.04. The Morgan fingerprint density at radius 3 is 2.94 bits per heavy atom. The number of ether oxygens (including phenoxy) is 1. The molecule has 4 N–H and O–H groups in total. The number of fused-ring (bicyclic) bond motifs is 3. The molecule has 160 valence electrons. The first-order valence-electron chi connectivity index (χ1n) is 10.5. The first-order chi connectivity index (χ1) is 15.1. The van der Waals surface area contributed by atoms with Gasteiger partial charge in [0.1, 0.15) is 17.4 Å². The lowest BCUT2D eigenvalue weighted by Crippen LogP contribution is -2.36. The second-order valence-corrected chi connectivity index (χ2v) is 8.05. The molecule has 0 aliphatic carbocycles. The van der Waals surface area contributed by atoms with E-state index in [9.17, 15) is 4.79 Å². The number of rotatable bonds is 5. The van der Waals surface area contributed by atoms with Gasteiger partial charge in [0.25, 0.3) is 0 Å². The number of hydrogen-bond acceptors (Lipinski definition) is 6. The van der Waals surface area contributed by atoms with Gasteiger partial charge < -0.3 is 15.8 Å². The number of benzene rings is 1. The number of H-pyrrole nitrogens is 1. The van der Waals surface area contributed by atoms with Gasteiger partial charge in [0.15, 0.2) is 0 Å². The van der Waals surface area contributed by atoms with Gasteiger partial charge in [0.2, 0.25) is 5.91 Å². The Kier molecular flexibility index (Phi) is 5.03. The van der Waals surface area contributed by atoms with Crippen molar-refractivity contribution in [1.29, 1.82) is 0 Å². The Bertz CT molecular complexity index is 1230. The molecule has 1 saturated heterocycles. The number of nitrogens with zero attached hydrogens (tertiary/aromatic N) is 4. The number of anilines is 1. The zero-order valence-electron chi connectivity index (χ0n) is 17.3. The van der Waals surface area contributed by atoms with Crippen molar-refractivity contribution in [1.82, 2.24) is 30.3 Å². The molecule has 1 aliphatic rings. The maximum atomic E-state index is 12.7. The number of carbonyl (C=O) groups is 1. The van der Waals surface area contributed by atoms with Crippen LogP contribution < -0.4 is 11.1 Å². The van der Waals surface area contributed by atoms with Gasteiger partial charge in [-0.3, -0.25) is 14.6 Å². The van der Waals surface area contributed by atoms with Gasteiger partial charge >= 0.3 is 0 Å². The molecule has 1 aliphatic heterocycles. The quantitative estimate of drug-likeness (QED) is 0.457.